The van der Waals surface area contributed by atoms with Crippen molar-refractivity contribution in [3.63, 3.8) is 0 Å². The molecular formula is C19H27NO2. The van der Waals surface area contributed by atoms with E-state index in [1.54, 1.807) is 7.11 Å². The topological polar surface area (TPSA) is 50.2 Å². The van der Waals surface area contributed by atoms with Crippen LogP contribution >= 0.6 is 0 Å². The van der Waals surface area contributed by atoms with Crippen LogP contribution in [0.25, 0.3) is 0 Å². The molecule has 0 spiro atoms. The van der Waals surface area contributed by atoms with Gasteiger partial charge < -0.3 is 10.1 Å². The fourth-order valence-corrected chi connectivity index (χ4v) is 3.14. The van der Waals surface area contributed by atoms with Crippen LogP contribution in [-0.4, -0.2) is 18.6 Å². The number of methoxy groups -OCH3 is 1. The van der Waals surface area contributed by atoms with E-state index < -0.39 is 0 Å². The Morgan fingerprint density at radius 1 is 1.09 bits per heavy atom. The maximum absolute atomic E-state index is 12.4. The standard InChI is InChI=1S/C19H27NO2/c1-19(2,3)18(20)17(21)15-7-5-13(6-8-15)14-9-11-16(22-4)12-10-14/h9-13,15,20H,5-8H2,1-4H3. The highest BCUT2D eigenvalue weighted by atomic mass is 16.5. The Kier molecular flexibility index (Phi) is 5.05. The lowest BCUT2D eigenvalue weighted by atomic mass is 9.74. The molecule has 0 unspecified atom stereocenters. The van der Waals surface area contributed by atoms with Crippen molar-refractivity contribution in [2.24, 2.45) is 11.3 Å². The van der Waals surface area contributed by atoms with E-state index in [4.69, 9.17) is 10.1 Å². The molecule has 22 heavy (non-hydrogen) atoms. The van der Waals surface area contributed by atoms with Gasteiger partial charge in [0.05, 0.1) is 12.8 Å². The number of Topliss-reactive ketones (excluding diaryl/α,β-unsaturated/α-hetero) is 1. The van der Waals surface area contributed by atoms with E-state index in [0.717, 1.165) is 31.4 Å². The Balaban J connectivity index is 1.95. The van der Waals surface area contributed by atoms with E-state index in [-0.39, 0.29) is 22.8 Å². The molecule has 1 aromatic carbocycles. The number of ether oxygens (including phenoxy) is 1. The van der Waals surface area contributed by atoms with Crippen LogP contribution in [0.4, 0.5) is 0 Å². The third-order valence-electron chi connectivity index (χ3n) is 4.68. The molecule has 0 amide bonds. The first-order chi connectivity index (χ1) is 10.3. The van der Waals surface area contributed by atoms with Gasteiger partial charge >= 0.3 is 0 Å². The molecule has 1 fully saturated rings. The van der Waals surface area contributed by atoms with Crippen molar-refractivity contribution in [2.45, 2.75) is 52.4 Å². The Morgan fingerprint density at radius 3 is 2.09 bits per heavy atom. The molecule has 3 heteroatoms. The average Bonchev–Trinajstić information content (AvgIpc) is 2.53. The van der Waals surface area contributed by atoms with Crippen molar-refractivity contribution in [3.8, 4) is 5.75 Å². The normalized spacial score (nSPS) is 22.2. The van der Waals surface area contributed by atoms with Crippen LogP contribution in [0.3, 0.4) is 0 Å². The summed E-state index contributed by atoms with van der Waals surface area (Å²) in [5.74, 6) is 1.51. The summed E-state index contributed by atoms with van der Waals surface area (Å²) in [5, 5.41) is 8.08. The maximum atomic E-state index is 12.4. The van der Waals surface area contributed by atoms with E-state index in [2.05, 4.69) is 12.1 Å². The van der Waals surface area contributed by atoms with Crippen molar-refractivity contribution in [2.75, 3.05) is 7.11 Å². The third-order valence-corrected chi connectivity index (χ3v) is 4.68. The summed E-state index contributed by atoms with van der Waals surface area (Å²) < 4.78 is 5.19. The van der Waals surface area contributed by atoms with Crippen LogP contribution < -0.4 is 4.74 Å². The molecule has 1 aliphatic rings. The maximum Gasteiger partial charge on any atom is 0.179 e. The van der Waals surface area contributed by atoms with Gasteiger partial charge in [-0.25, -0.2) is 0 Å². The van der Waals surface area contributed by atoms with Gasteiger partial charge in [-0.15, -0.1) is 0 Å². The lowest BCUT2D eigenvalue weighted by Crippen LogP contribution is -2.34. The first-order valence-electron chi connectivity index (χ1n) is 8.10. The van der Waals surface area contributed by atoms with Crippen molar-refractivity contribution < 1.29 is 9.53 Å². The van der Waals surface area contributed by atoms with Crippen LogP contribution in [-0.2, 0) is 4.79 Å². The van der Waals surface area contributed by atoms with Crippen LogP contribution in [0.15, 0.2) is 24.3 Å². The molecule has 0 radical (unpaired) electrons. The largest absolute Gasteiger partial charge is 0.497 e. The highest BCUT2D eigenvalue weighted by molar-refractivity contribution is 6.41. The van der Waals surface area contributed by atoms with Crippen LogP contribution in [0, 0.1) is 16.7 Å². The zero-order valence-corrected chi connectivity index (χ0v) is 14.1. The summed E-state index contributed by atoms with van der Waals surface area (Å²) in [6, 6.07) is 8.26. The Bertz CT molecular complexity index is 532. The van der Waals surface area contributed by atoms with Gasteiger partial charge in [-0.3, -0.25) is 4.79 Å². The smallest absolute Gasteiger partial charge is 0.179 e. The molecule has 0 aliphatic heterocycles. The second kappa shape index (κ2) is 6.64. The van der Waals surface area contributed by atoms with Gasteiger partial charge in [0.15, 0.2) is 5.78 Å². The van der Waals surface area contributed by atoms with Crippen molar-refractivity contribution >= 4 is 11.5 Å². The fourth-order valence-electron chi connectivity index (χ4n) is 3.14. The number of hydrogen-bond acceptors (Lipinski definition) is 3. The summed E-state index contributed by atoms with van der Waals surface area (Å²) in [6.45, 7) is 5.82. The second-order valence-electron chi connectivity index (χ2n) is 7.31. The van der Waals surface area contributed by atoms with E-state index in [1.165, 1.54) is 5.56 Å². The van der Waals surface area contributed by atoms with Gasteiger partial charge in [0.2, 0.25) is 0 Å². The fraction of sp³-hybridized carbons (Fsp3) is 0.579. The second-order valence-corrected chi connectivity index (χ2v) is 7.31. The number of hydrogen-bond donors (Lipinski definition) is 1. The highest BCUT2D eigenvalue weighted by Gasteiger charge is 2.33. The third kappa shape index (κ3) is 3.76. The Morgan fingerprint density at radius 2 is 1.64 bits per heavy atom. The predicted molar refractivity (Wildman–Crippen MR) is 89.9 cm³/mol. The Hall–Kier alpha value is -1.64. The molecule has 1 saturated carbocycles. The molecule has 0 bridgehead atoms. The molecule has 0 aromatic heterocycles. The number of nitrogens with one attached hydrogen (secondary N) is 1. The van der Waals surface area contributed by atoms with Crippen LogP contribution in [0.2, 0.25) is 0 Å². The van der Waals surface area contributed by atoms with Crippen LogP contribution in [0.1, 0.15) is 57.9 Å². The van der Waals surface area contributed by atoms with Crippen molar-refractivity contribution in [1.82, 2.24) is 0 Å². The van der Waals surface area contributed by atoms with E-state index >= 15 is 0 Å². The molecule has 1 aromatic rings. The molecule has 3 nitrogen and oxygen atoms in total. The van der Waals surface area contributed by atoms with Crippen molar-refractivity contribution in [1.29, 1.82) is 5.41 Å². The first-order valence-corrected chi connectivity index (χ1v) is 8.10. The molecular weight excluding hydrogens is 274 g/mol. The number of carbonyl (C=O) groups excluding carboxylic acids is 1. The van der Waals surface area contributed by atoms with Gasteiger partial charge in [-0.05, 0) is 49.3 Å². The predicted octanol–water partition coefficient (Wildman–Crippen LogP) is 4.60. The quantitative estimate of drug-likeness (QED) is 0.826. The summed E-state index contributed by atoms with van der Waals surface area (Å²) in [6.07, 6.45) is 3.85. The molecule has 1 aliphatic carbocycles. The minimum Gasteiger partial charge on any atom is -0.497 e. The minimum absolute atomic E-state index is 0.0428. The summed E-state index contributed by atoms with van der Waals surface area (Å²) in [7, 11) is 1.68. The van der Waals surface area contributed by atoms with Gasteiger partial charge in [0, 0.05) is 11.3 Å². The molecule has 120 valence electrons. The summed E-state index contributed by atoms with van der Waals surface area (Å²) >= 11 is 0. The Labute approximate surface area is 133 Å². The van der Waals surface area contributed by atoms with E-state index in [0.29, 0.717) is 5.92 Å². The summed E-state index contributed by atoms with van der Waals surface area (Å²) in [4.78, 5) is 12.4. The van der Waals surface area contributed by atoms with E-state index in [1.807, 2.05) is 32.9 Å². The van der Waals surface area contributed by atoms with Gasteiger partial charge in [-0.2, -0.15) is 0 Å². The highest BCUT2D eigenvalue weighted by Crippen LogP contribution is 2.37. The van der Waals surface area contributed by atoms with Gasteiger partial charge in [-0.1, -0.05) is 32.9 Å². The summed E-state index contributed by atoms with van der Waals surface area (Å²) in [5.41, 5.74) is 1.27. The lowest BCUT2D eigenvalue weighted by molar-refractivity contribution is -0.117. The lowest BCUT2D eigenvalue weighted by Gasteiger charge is -2.30. The van der Waals surface area contributed by atoms with Gasteiger partial charge in [0.25, 0.3) is 0 Å². The first kappa shape index (κ1) is 16.7. The SMILES string of the molecule is COc1ccc(C2CCC(C(=O)C(=N)C(C)(C)C)CC2)cc1. The monoisotopic (exact) mass is 301 g/mol. The number of benzene rings is 1. The molecule has 0 heterocycles. The van der Waals surface area contributed by atoms with Crippen LogP contribution in [0.5, 0.6) is 5.75 Å². The number of ketones is 1. The molecule has 2 rings (SSSR count). The zero-order valence-electron chi connectivity index (χ0n) is 14.1. The average molecular weight is 301 g/mol. The van der Waals surface area contributed by atoms with Crippen molar-refractivity contribution in [3.05, 3.63) is 29.8 Å². The molecule has 0 saturated heterocycles. The zero-order chi connectivity index (χ0) is 16.3. The van der Waals surface area contributed by atoms with E-state index in [9.17, 15) is 4.79 Å². The van der Waals surface area contributed by atoms with Gasteiger partial charge in [0.1, 0.15) is 5.75 Å². The molecule has 0 atom stereocenters. The molecule has 1 N–H and O–H groups in total. The number of carbonyl (C=O) groups is 1. The minimum atomic E-state index is -0.343. The number of rotatable bonds is 4.